The van der Waals surface area contributed by atoms with Gasteiger partial charge in [-0.15, -0.1) is 0 Å². The third-order valence-corrected chi connectivity index (χ3v) is 6.03. The molecular weight excluding hydrogens is 422 g/mol. The molecule has 32 heavy (non-hydrogen) atoms. The number of nitrogens with zero attached hydrogens (tertiary/aromatic N) is 2. The Morgan fingerprint density at radius 1 is 1.03 bits per heavy atom. The first-order chi connectivity index (χ1) is 15.7. The number of rotatable bonds is 8. The maximum absolute atomic E-state index is 13.8. The van der Waals surface area contributed by atoms with Gasteiger partial charge in [-0.25, -0.2) is 0 Å². The first-order valence-corrected chi connectivity index (χ1v) is 11.5. The fourth-order valence-corrected chi connectivity index (χ4v) is 4.27. The summed E-state index contributed by atoms with van der Waals surface area (Å²) >= 11 is 6.15. The number of ether oxygens (including phenoxy) is 1. The van der Waals surface area contributed by atoms with Crippen molar-refractivity contribution < 1.29 is 9.53 Å². The summed E-state index contributed by atoms with van der Waals surface area (Å²) in [6.07, 6.45) is 3.45. The molecule has 1 amide bonds. The second kappa shape index (κ2) is 11.1. The minimum absolute atomic E-state index is 0.00788. The van der Waals surface area contributed by atoms with E-state index in [1.165, 1.54) is 0 Å². The van der Waals surface area contributed by atoms with E-state index in [1.807, 2.05) is 77.7 Å². The summed E-state index contributed by atoms with van der Waals surface area (Å²) in [4.78, 5) is 20.3. The van der Waals surface area contributed by atoms with Crippen molar-refractivity contribution >= 4 is 17.5 Å². The van der Waals surface area contributed by atoms with E-state index in [9.17, 15) is 4.79 Å². The van der Waals surface area contributed by atoms with E-state index in [2.05, 4.69) is 10.3 Å². The minimum atomic E-state index is -0.310. The second-order valence-corrected chi connectivity index (χ2v) is 8.36. The maximum atomic E-state index is 13.8. The van der Waals surface area contributed by atoms with E-state index in [0.717, 1.165) is 42.9 Å². The molecular formula is C26H28ClN3O2. The molecule has 1 saturated heterocycles. The maximum Gasteiger partial charge on any atom is 0.226 e. The van der Waals surface area contributed by atoms with Crippen LogP contribution < -0.4 is 10.1 Å². The number of para-hydroxylation sites is 1. The molecule has 1 aliphatic rings. The number of benzene rings is 2. The molecule has 6 heteroatoms. The summed E-state index contributed by atoms with van der Waals surface area (Å²) in [5.74, 6) is 0.933. The number of halogens is 1. The van der Waals surface area contributed by atoms with Gasteiger partial charge in [-0.1, -0.05) is 48.0 Å². The lowest BCUT2D eigenvalue weighted by Gasteiger charge is -2.35. The predicted octanol–water partition coefficient (Wildman–Crippen LogP) is 4.73. The molecule has 1 atom stereocenters. The monoisotopic (exact) mass is 449 g/mol. The molecule has 1 aliphatic heterocycles. The van der Waals surface area contributed by atoms with Crippen molar-refractivity contribution in [2.24, 2.45) is 5.92 Å². The van der Waals surface area contributed by atoms with Crippen LogP contribution in [0.15, 0.2) is 79.0 Å². The SMILES string of the molecule is O=C(C1CCNCC1)N(CCOc1ccccc1)C(c1ccc(Cl)cc1)c1ccccn1. The average Bonchev–Trinajstić information content (AvgIpc) is 2.86. The first kappa shape index (κ1) is 22.3. The van der Waals surface area contributed by atoms with E-state index >= 15 is 0 Å². The van der Waals surface area contributed by atoms with Crippen molar-refractivity contribution in [2.45, 2.75) is 18.9 Å². The highest BCUT2D eigenvalue weighted by atomic mass is 35.5. The van der Waals surface area contributed by atoms with Gasteiger partial charge in [0.15, 0.2) is 0 Å². The van der Waals surface area contributed by atoms with Crippen LogP contribution in [0.25, 0.3) is 0 Å². The summed E-state index contributed by atoms with van der Waals surface area (Å²) in [7, 11) is 0. The van der Waals surface area contributed by atoms with Crippen LogP contribution in [0.4, 0.5) is 0 Å². The van der Waals surface area contributed by atoms with Crippen LogP contribution in [0.1, 0.15) is 30.1 Å². The zero-order valence-electron chi connectivity index (χ0n) is 18.0. The van der Waals surface area contributed by atoms with Gasteiger partial charge in [-0.3, -0.25) is 9.78 Å². The zero-order valence-corrected chi connectivity index (χ0v) is 18.7. The van der Waals surface area contributed by atoms with Crippen molar-refractivity contribution in [2.75, 3.05) is 26.2 Å². The molecule has 2 heterocycles. The Hall–Kier alpha value is -2.89. The predicted molar refractivity (Wildman–Crippen MR) is 127 cm³/mol. The summed E-state index contributed by atoms with van der Waals surface area (Å²) in [6, 6.07) is 22.9. The number of nitrogens with one attached hydrogen (secondary N) is 1. The summed E-state index contributed by atoms with van der Waals surface area (Å²) in [5, 5.41) is 4.01. The van der Waals surface area contributed by atoms with Gasteiger partial charge in [0.25, 0.3) is 0 Å². The highest BCUT2D eigenvalue weighted by molar-refractivity contribution is 6.30. The molecule has 0 aliphatic carbocycles. The highest BCUT2D eigenvalue weighted by Gasteiger charge is 2.33. The topological polar surface area (TPSA) is 54.5 Å². The van der Waals surface area contributed by atoms with Crippen LogP contribution in [0, 0.1) is 5.92 Å². The summed E-state index contributed by atoms with van der Waals surface area (Å²) < 4.78 is 5.97. The van der Waals surface area contributed by atoms with Gasteiger partial charge in [0.2, 0.25) is 5.91 Å². The standard InChI is InChI=1S/C26H28ClN3O2/c27-22-11-9-20(10-12-22)25(24-8-4-5-15-29-24)30(26(31)21-13-16-28-17-14-21)18-19-32-23-6-2-1-3-7-23/h1-12,15,21,25,28H,13-14,16-19H2. The van der Waals surface area contributed by atoms with Gasteiger partial charge in [0.1, 0.15) is 12.4 Å². The fourth-order valence-electron chi connectivity index (χ4n) is 4.14. The van der Waals surface area contributed by atoms with Gasteiger partial charge in [-0.2, -0.15) is 0 Å². The number of aromatic nitrogens is 1. The Labute approximate surface area is 194 Å². The van der Waals surface area contributed by atoms with Gasteiger partial charge in [0.05, 0.1) is 18.3 Å². The number of amides is 1. The molecule has 0 saturated carbocycles. The quantitative estimate of drug-likeness (QED) is 0.540. The first-order valence-electron chi connectivity index (χ1n) is 11.1. The number of carbonyl (C=O) groups excluding carboxylic acids is 1. The Balaban J connectivity index is 1.64. The molecule has 0 spiro atoms. The summed E-state index contributed by atoms with van der Waals surface area (Å²) in [5.41, 5.74) is 1.81. The molecule has 0 radical (unpaired) electrons. The zero-order chi connectivity index (χ0) is 22.2. The Kier molecular flexibility index (Phi) is 7.75. The average molecular weight is 450 g/mol. The van der Waals surface area contributed by atoms with Crippen LogP contribution >= 0.6 is 11.6 Å². The molecule has 4 rings (SSSR count). The Morgan fingerprint density at radius 3 is 2.44 bits per heavy atom. The van der Waals surface area contributed by atoms with E-state index in [-0.39, 0.29) is 17.9 Å². The van der Waals surface area contributed by atoms with Crippen LogP contribution in [-0.2, 0) is 4.79 Å². The van der Waals surface area contributed by atoms with E-state index in [4.69, 9.17) is 16.3 Å². The number of hydrogen-bond donors (Lipinski definition) is 1. The molecule has 5 nitrogen and oxygen atoms in total. The van der Waals surface area contributed by atoms with Crippen LogP contribution in [-0.4, -0.2) is 42.0 Å². The van der Waals surface area contributed by atoms with Gasteiger partial charge >= 0.3 is 0 Å². The molecule has 3 aromatic rings. The largest absolute Gasteiger partial charge is 0.492 e. The molecule has 1 unspecified atom stereocenters. The van der Waals surface area contributed by atoms with Gasteiger partial charge < -0.3 is 15.0 Å². The highest BCUT2D eigenvalue weighted by Crippen LogP contribution is 2.31. The lowest BCUT2D eigenvalue weighted by atomic mass is 9.93. The van der Waals surface area contributed by atoms with Gasteiger partial charge in [-0.05, 0) is 67.9 Å². The Morgan fingerprint density at radius 2 is 1.75 bits per heavy atom. The Bertz CT molecular complexity index is 977. The van der Waals surface area contributed by atoms with Gasteiger partial charge in [0, 0.05) is 17.1 Å². The minimum Gasteiger partial charge on any atom is -0.492 e. The molecule has 166 valence electrons. The van der Waals surface area contributed by atoms with Crippen molar-refractivity contribution in [3.8, 4) is 5.75 Å². The van der Waals surface area contributed by atoms with Crippen molar-refractivity contribution in [3.63, 3.8) is 0 Å². The van der Waals surface area contributed by atoms with E-state index in [1.54, 1.807) is 6.20 Å². The number of pyridine rings is 1. The van der Waals surface area contributed by atoms with Crippen molar-refractivity contribution in [1.82, 2.24) is 15.2 Å². The third-order valence-electron chi connectivity index (χ3n) is 5.78. The van der Waals surface area contributed by atoms with Crippen molar-refractivity contribution in [3.05, 3.63) is 95.3 Å². The fraction of sp³-hybridized carbons (Fsp3) is 0.308. The van der Waals surface area contributed by atoms with Crippen LogP contribution in [0.2, 0.25) is 5.02 Å². The molecule has 1 N–H and O–H groups in total. The van der Waals surface area contributed by atoms with Crippen molar-refractivity contribution in [1.29, 1.82) is 0 Å². The third kappa shape index (κ3) is 5.67. The summed E-state index contributed by atoms with van der Waals surface area (Å²) in [6.45, 7) is 2.58. The lowest BCUT2D eigenvalue weighted by Crippen LogP contribution is -2.45. The van der Waals surface area contributed by atoms with Crippen LogP contribution in [0.3, 0.4) is 0 Å². The van der Waals surface area contributed by atoms with E-state index < -0.39 is 0 Å². The lowest BCUT2D eigenvalue weighted by molar-refractivity contribution is -0.138. The number of piperidine rings is 1. The second-order valence-electron chi connectivity index (χ2n) is 7.93. The normalized spacial score (nSPS) is 15.2. The molecule has 2 aromatic carbocycles. The van der Waals surface area contributed by atoms with E-state index in [0.29, 0.717) is 18.2 Å². The number of hydrogen-bond acceptors (Lipinski definition) is 4. The smallest absolute Gasteiger partial charge is 0.226 e. The molecule has 1 aromatic heterocycles. The molecule has 1 fully saturated rings. The van der Waals surface area contributed by atoms with Crippen LogP contribution in [0.5, 0.6) is 5.75 Å². The number of carbonyl (C=O) groups is 1. The molecule has 0 bridgehead atoms.